The van der Waals surface area contributed by atoms with Crippen molar-refractivity contribution < 1.29 is 20.1 Å². The van der Waals surface area contributed by atoms with Crippen LogP contribution in [0.1, 0.15) is 11.1 Å². The highest BCUT2D eigenvalue weighted by Crippen LogP contribution is 2.18. The van der Waals surface area contributed by atoms with Gasteiger partial charge in [0, 0.05) is 5.56 Å². The molecule has 0 radical (unpaired) electrons. The zero-order valence-corrected chi connectivity index (χ0v) is 8.05. The van der Waals surface area contributed by atoms with Gasteiger partial charge in [-0.3, -0.25) is 4.79 Å². The van der Waals surface area contributed by atoms with Crippen LogP contribution in [0.3, 0.4) is 0 Å². The van der Waals surface area contributed by atoms with E-state index >= 15 is 0 Å². The molecule has 1 aromatic carbocycles. The number of carboxylic acids is 1. The van der Waals surface area contributed by atoms with Crippen molar-refractivity contribution in [3.8, 4) is 5.75 Å². The summed E-state index contributed by atoms with van der Waals surface area (Å²) in [6, 6.07) is 3.56. The van der Waals surface area contributed by atoms with Crippen molar-refractivity contribution in [3.63, 3.8) is 0 Å². The third kappa shape index (κ3) is 2.93. The van der Waals surface area contributed by atoms with E-state index in [2.05, 4.69) is 0 Å². The van der Waals surface area contributed by atoms with Gasteiger partial charge in [0.05, 0.1) is 6.61 Å². The second kappa shape index (κ2) is 4.77. The van der Waals surface area contributed by atoms with Crippen LogP contribution in [0.4, 0.5) is 0 Å². The molecule has 1 atom stereocenters. The van der Waals surface area contributed by atoms with E-state index in [0.717, 1.165) is 0 Å². The third-order valence-electron chi connectivity index (χ3n) is 2.09. The summed E-state index contributed by atoms with van der Waals surface area (Å²) >= 11 is 0. The number of aromatic hydroxyl groups is 1. The highest BCUT2D eigenvalue weighted by molar-refractivity contribution is 5.73. The molecule has 0 aliphatic heterocycles. The first kappa shape index (κ1) is 11.5. The van der Waals surface area contributed by atoms with E-state index in [1.54, 1.807) is 6.07 Å². The van der Waals surface area contributed by atoms with Crippen molar-refractivity contribution in [2.75, 3.05) is 0 Å². The van der Waals surface area contributed by atoms with Gasteiger partial charge in [-0.15, -0.1) is 0 Å². The summed E-state index contributed by atoms with van der Waals surface area (Å²) in [6.07, 6.45) is 0.169. The Balaban J connectivity index is 2.83. The molecule has 0 aliphatic carbocycles. The molecule has 15 heavy (non-hydrogen) atoms. The molecule has 0 saturated carbocycles. The van der Waals surface area contributed by atoms with Crippen molar-refractivity contribution in [3.05, 3.63) is 29.3 Å². The van der Waals surface area contributed by atoms with E-state index < -0.39 is 12.0 Å². The topological polar surface area (TPSA) is 104 Å². The Hall–Kier alpha value is -1.59. The van der Waals surface area contributed by atoms with Gasteiger partial charge in [-0.2, -0.15) is 0 Å². The van der Waals surface area contributed by atoms with Gasteiger partial charge in [0.2, 0.25) is 0 Å². The number of nitrogens with two attached hydrogens (primary N) is 1. The molecule has 0 aliphatic rings. The lowest BCUT2D eigenvalue weighted by Crippen LogP contribution is -2.32. The summed E-state index contributed by atoms with van der Waals surface area (Å²) in [5.74, 6) is -1.08. The Morgan fingerprint density at radius 2 is 2.13 bits per heavy atom. The minimum absolute atomic E-state index is 0.00912. The Labute approximate surface area is 86.8 Å². The fourth-order valence-electron chi connectivity index (χ4n) is 1.23. The molecule has 0 spiro atoms. The van der Waals surface area contributed by atoms with E-state index in [0.29, 0.717) is 11.1 Å². The van der Waals surface area contributed by atoms with Gasteiger partial charge in [-0.25, -0.2) is 0 Å². The number of hydrogen-bond donors (Lipinski definition) is 4. The fraction of sp³-hybridized carbons (Fsp3) is 0.300. The smallest absolute Gasteiger partial charge is 0.320 e. The lowest BCUT2D eigenvalue weighted by atomic mass is 10.0. The molecule has 1 rings (SSSR count). The number of phenols is 1. The van der Waals surface area contributed by atoms with Crippen molar-refractivity contribution in [2.45, 2.75) is 19.1 Å². The van der Waals surface area contributed by atoms with Crippen LogP contribution in [0.5, 0.6) is 5.75 Å². The SMILES string of the molecule is N[C@H](Cc1ccc(O)c(CO)c1)C(=O)O. The van der Waals surface area contributed by atoms with Crippen molar-refractivity contribution in [1.29, 1.82) is 0 Å². The Morgan fingerprint density at radius 1 is 1.47 bits per heavy atom. The predicted octanol–water partition coefficient (Wildman–Crippen LogP) is -0.161. The maximum atomic E-state index is 10.5. The highest BCUT2D eigenvalue weighted by Gasteiger charge is 2.12. The zero-order chi connectivity index (χ0) is 11.4. The maximum absolute atomic E-state index is 10.5. The average Bonchev–Trinajstić information content (AvgIpc) is 2.20. The number of aliphatic carboxylic acids is 1. The summed E-state index contributed by atoms with van der Waals surface area (Å²) in [5, 5.41) is 26.7. The summed E-state index contributed by atoms with van der Waals surface area (Å²) in [6.45, 7) is -0.290. The molecule has 82 valence electrons. The van der Waals surface area contributed by atoms with Crippen LogP contribution in [-0.2, 0) is 17.8 Å². The van der Waals surface area contributed by atoms with Crippen LogP contribution in [0.15, 0.2) is 18.2 Å². The first-order valence-electron chi connectivity index (χ1n) is 4.44. The van der Waals surface area contributed by atoms with Gasteiger partial charge in [-0.05, 0) is 24.1 Å². The number of aliphatic hydroxyl groups excluding tert-OH is 1. The van der Waals surface area contributed by atoms with Crippen LogP contribution >= 0.6 is 0 Å². The molecule has 5 N–H and O–H groups in total. The first-order valence-corrected chi connectivity index (χ1v) is 4.44. The van der Waals surface area contributed by atoms with Crippen LogP contribution in [0.2, 0.25) is 0 Å². The molecule has 0 aromatic heterocycles. The van der Waals surface area contributed by atoms with E-state index in [1.807, 2.05) is 0 Å². The number of hydrogen-bond acceptors (Lipinski definition) is 4. The summed E-state index contributed by atoms with van der Waals surface area (Å²) < 4.78 is 0. The standard InChI is InChI=1S/C10H13NO4/c11-8(10(14)15)4-6-1-2-9(13)7(3-6)5-12/h1-3,8,12-13H,4-5,11H2,(H,14,15)/t8-/m1/s1. The third-order valence-corrected chi connectivity index (χ3v) is 2.09. The number of rotatable bonds is 4. The lowest BCUT2D eigenvalue weighted by Gasteiger charge is -2.08. The molecule has 0 fully saturated rings. The number of aliphatic hydroxyl groups is 1. The van der Waals surface area contributed by atoms with E-state index in [-0.39, 0.29) is 18.8 Å². The molecule has 0 saturated heterocycles. The molecular formula is C10H13NO4. The quantitative estimate of drug-likeness (QED) is 0.554. The maximum Gasteiger partial charge on any atom is 0.320 e. The van der Waals surface area contributed by atoms with Gasteiger partial charge in [-0.1, -0.05) is 6.07 Å². The Morgan fingerprint density at radius 3 is 2.67 bits per heavy atom. The van der Waals surface area contributed by atoms with Crippen LogP contribution in [0.25, 0.3) is 0 Å². The largest absolute Gasteiger partial charge is 0.508 e. The minimum atomic E-state index is -1.08. The predicted molar refractivity (Wildman–Crippen MR) is 53.3 cm³/mol. The van der Waals surface area contributed by atoms with Gasteiger partial charge in [0.25, 0.3) is 0 Å². The van der Waals surface area contributed by atoms with Crippen LogP contribution < -0.4 is 5.73 Å². The molecule has 5 heteroatoms. The van der Waals surface area contributed by atoms with Crippen molar-refractivity contribution in [2.24, 2.45) is 5.73 Å². The molecule has 0 bridgehead atoms. The molecule has 1 aromatic rings. The Bertz CT molecular complexity index is 364. The molecule has 0 heterocycles. The number of benzene rings is 1. The van der Waals surface area contributed by atoms with Crippen LogP contribution in [-0.4, -0.2) is 27.3 Å². The van der Waals surface area contributed by atoms with Gasteiger partial charge in [0.1, 0.15) is 11.8 Å². The van der Waals surface area contributed by atoms with Crippen LogP contribution in [0, 0.1) is 0 Å². The van der Waals surface area contributed by atoms with Crippen molar-refractivity contribution in [1.82, 2.24) is 0 Å². The normalized spacial score (nSPS) is 12.4. The van der Waals surface area contributed by atoms with Crippen molar-refractivity contribution >= 4 is 5.97 Å². The zero-order valence-electron chi connectivity index (χ0n) is 8.05. The van der Waals surface area contributed by atoms with E-state index in [1.165, 1.54) is 12.1 Å². The highest BCUT2D eigenvalue weighted by atomic mass is 16.4. The van der Waals surface area contributed by atoms with E-state index in [4.69, 9.17) is 15.9 Å². The molecule has 0 unspecified atom stereocenters. The number of carboxylic acid groups (broad SMARTS) is 1. The summed E-state index contributed by atoms with van der Waals surface area (Å²) in [4.78, 5) is 10.5. The summed E-state index contributed by atoms with van der Waals surface area (Å²) in [5.41, 5.74) is 6.39. The lowest BCUT2D eigenvalue weighted by molar-refractivity contribution is -0.138. The molecule has 0 amide bonds. The second-order valence-corrected chi connectivity index (χ2v) is 3.27. The number of carbonyl (C=O) groups is 1. The minimum Gasteiger partial charge on any atom is -0.508 e. The first-order chi connectivity index (χ1) is 7.04. The van der Waals surface area contributed by atoms with Gasteiger partial charge in [0.15, 0.2) is 0 Å². The average molecular weight is 211 g/mol. The second-order valence-electron chi connectivity index (χ2n) is 3.27. The monoisotopic (exact) mass is 211 g/mol. The molecular weight excluding hydrogens is 198 g/mol. The van der Waals surface area contributed by atoms with Gasteiger partial charge >= 0.3 is 5.97 Å². The van der Waals surface area contributed by atoms with Gasteiger partial charge < -0.3 is 21.1 Å². The summed E-state index contributed by atoms with van der Waals surface area (Å²) in [7, 11) is 0. The Kier molecular flexibility index (Phi) is 3.65. The molecule has 5 nitrogen and oxygen atoms in total. The van der Waals surface area contributed by atoms with E-state index in [9.17, 15) is 9.90 Å². The fourth-order valence-corrected chi connectivity index (χ4v) is 1.23.